The number of carboxylic acid groups (broad SMARTS) is 1. The van der Waals surface area contributed by atoms with Crippen LogP contribution in [0.3, 0.4) is 0 Å². The molecule has 0 bridgehead atoms. The number of aryl methyl sites for hydroxylation is 1. The Hall–Kier alpha value is -2.47. The summed E-state index contributed by atoms with van der Waals surface area (Å²) in [5, 5.41) is 12.5. The first-order valence-corrected chi connectivity index (χ1v) is 7.04. The van der Waals surface area contributed by atoms with Crippen molar-refractivity contribution in [2.24, 2.45) is 0 Å². The predicted octanol–water partition coefficient (Wildman–Crippen LogP) is 2.12. The number of nitrogens with zero attached hydrogens (tertiary/aromatic N) is 3. The third kappa shape index (κ3) is 3.79. The lowest BCUT2D eigenvalue weighted by atomic mass is 10.0. The monoisotopic (exact) mass is 300 g/mol. The van der Waals surface area contributed by atoms with Gasteiger partial charge in [0.25, 0.3) is 0 Å². The fourth-order valence-electron chi connectivity index (χ4n) is 2.09. The molecule has 116 valence electrons. The Morgan fingerprint density at radius 1 is 1.27 bits per heavy atom. The first-order valence-electron chi connectivity index (χ1n) is 7.04. The molecule has 0 saturated carbocycles. The van der Waals surface area contributed by atoms with Crippen molar-refractivity contribution in [1.82, 2.24) is 14.9 Å². The molecule has 6 nitrogen and oxygen atoms in total. The molecule has 0 radical (unpaired) electrons. The molecular formula is C16H20N4O2. The van der Waals surface area contributed by atoms with Crippen LogP contribution in [0.1, 0.15) is 16.1 Å². The van der Waals surface area contributed by atoms with E-state index in [-0.39, 0.29) is 5.69 Å². The van der Waals surface area contributed by atoms with Gasteiger partial charge in [0.2, 0.25) is 5.95 Å². The zero-order valence-corrected chi connectivity index (χ0v) is 13.0. The number of hydrogen-bond donors (Lipinski definition) is 2. The maximum atomic E-state index is 11.5. The van der Waals surface area contributed by atoms with Crippen molar-refractivity contribution in [3.8, 4) is 11.1 Å². The van der Waals surface area contributed by atoms with Crippen LogP contribution in [-0.4, -0.2) is 53.1 Å². The minimum atomic E-state index is -1.06. The zero-order chi connectivity index (χ0) is 16.1. The largest absolute Gasteiger partial charge is 0.476 e. The third-order valence-electron chi connectivity index (χ3n) is 3.27. The van der Waals surface area contributed by atoms with E-state index in [1.54, 1.807) is 6.20 Å². The van der Waals surface area contributed by atoms with E-state index in [2.05, 4.69) is 15.3 Å². The number of aromatic carboxylic acids is 1. The summed E-state index contributed by atoms with van der Waals surface area (Å²) in [6.45, 7) is 3.39. The summed E-state index contributed by atoms with van der Waals surface area (Å²) in [6.07, 6.45) is 1.57. The lowest BCUT2D eigenvalue weighted by molar-refractivity contribution is 0.0691. The van der Waals surface area contributed by atoms with Gasteiger partial charge in [-0.2, -0.15) is 0 Å². The van der Waals surface area contributed by atoms with Crippen LogP contribution in [-0.2, 0) is 0 Å². The number of carbonyl (C=O) groups is 1. The fraction of sp³-hybridized carbons (Fsp3) is 0.312. The number of benzene rings is 1. The van der Waals surface area contributed by atoms with Crippen LogP contribution in [0.2, 0.25) is 0 Å². The van der Waals surface area contributed by atoms with E-state index in [0.29, 0.717) is 18.1 Å². The van der Waals surface area contributed by atoms with Crippen LogP contribution in [0.5, 0.6) is 0 Å². The molecule has 1 aromatic carbocycles. The lowest BCUT2D eigenvalue weighted by Gasteiger charge is -2.12. The summed E-state index contributed by atoms with van der Waals surface area (Å²) >= 11 is 0. The molecule has 0 fully saturated rings. The number of likely N-dealkylation sites (N-methyl/N-ethyl adjacent to an activating group) is 1. The molecule has 0 aliphatic rings. The Labute approximate surface area is 129 Å². The molecule has 1 heterocycles. The molecule has 0 saturated heterocycles. The molecule has 0 aliphatic carbocycles. The van der Waals surface area contributed by atoms with Crippen molar-refractivity contribution < 1.29 is 9.90 Å². The summed E-state index contributed by atoms with van der Waals surface area (Å²) in [6, 6.07) is 7.60. The van der Waals surface area contributed by atoms with E-state index in [1.807, 2.05) is 50.2 Å². The minimum absolute atomic E-state index is 0.0108. The maximum absolute atomic E-state index is 11.5. The van der Waals surface area contributed by atoms with Crippen LogP contribution in [0, 0.1) is 6.92 Å². The molecule has 0 spiro atoms. The minimum Gasteiger partial charge on any atom is -0.476 e. The summed E-state index contributed by atoms with van der Waals surface area (Å²) in [4.78, 5) is 21.9. The number of nitrogens with one attached hydrogen (secondary N) is 1. The summed E-state index contributed by atoms with van der Waals surface area (Å²) in [5.41, 5.74) is 2.36. The van der Waals surface area contributed by atoms with E-state index in [4.69, 9.17) is 0 Å². The van der Waals surface area contributed by atoms with E-state index in [9.17, 15) is 9.90 Å². The van der Waals surface area contributed by atoms with Gasteiger partial charge in [-0.05, 0) is 32.1 Å². The second-order valence-corrected chi connectivity index (χ2v) is 5.31. The van der Waals surface area contributed by atoms with Gasteiger partial charge < -0.3 is 15.3 Å². The average molecular weight is 300 g/mol. The molecular weight excluding hydrogens is 280 g/mol. The fourth-order valence-corrected chi connectivity index (χ4v) is 2.09. The second-order valence-electron chi connectivity index (χ2n) is 5.31. The van der Waals surface area contributed by atoms with Crippen molar-refractivity contribution in [3.63, 3.8) is 0 Å². The van der Waals surface area contributed by atoms with Crippen molar-refractivity contribution >= 4 is 11.9 Å². The van der Waals surface area contributed by atoms with Crippen LogP contribution >= 0.6 is 0 Å². The average Bonchev–Trinajstić information content (AvgIpc) is 2.47. The molecule has 2 aromatic rings. The second kappa shape index (κ2) is 7.00. The van der Waals surface area contributed by atoms with Crippen LogP contribution in [0.4, 0.5) is 5.95 Å². The molecule has 2 rings (SSSR count). The lowest BCUT2D eigenvalue weighted by Crippen LogP contribution is -2.22. The molecule has 0 atom stereocenters. The van der Waals surface area contributed by atoms with Gasteiger partial charge in [0.1, 0.15) is 0 Å². The normalized spacial score (nSPS) is 10.7. The smallest absolute Gasteiger partial charge is 0.355 e. The van der Waals surface area contributed by atoms with Gasteiger partial charge in [0.15, 0.2) is 5.69 Å². The Morgan fingerprint density at radius 3 is 2.64 bits per heavy atom. The summed E-state index contributed by atoms with van der Waals surface area (Å²) in [5.74, 6) is -0.729. The van der Waals surface area contributed by atoms with Gasteiger partial charge in [-0.3, -0.25) is 0 Å². The van der Waals surface area contributed by atoms with Crippen molar-refractivity contribution in [2.45, 2.75) is 6.92 Å². The SMILES string of the molecule is Cc1ccccc1-c1cnc(NCCN(C)C)nc1C(=O)O. The van der Waals surface area contributed by atoms with Crippen molar-refractivity contribution in [3.05, 3.63) is 41.7 Å². The Morgan fingerprint density at radius 2 is 2.00 bits per heavy atom. The van der Waals surface area contributed by atoms with Crippen molar-refractivity contribution in [2.75, 3.05) is 32.5 Å². The maximum Gasteiger partial charge on any atom is 0.355 e. The van der Waals surface area contributed by atoms with E-state index in [0.717, 1.165) is 17.7 Å². The van der Waals surface area contributed by atoms with Crippen LogP contribution < -0.4 is 5.32 Å². The summed E-state index contributed by atoms with van der Waals surface area (Å²) < 4.78 is 0. The number of rotatable bonds is 6. The molecule has 0 amide bonds. The Bertz CT molecular complexity index is 671. The molecule has 1 aromatic heterocycles. The zero-order valence-electron chi connectivity index (χ0n) is 13.0. The topological polar surface area (TPSA) is 78.4 Å². The van der Waals surface area contributed by atoms with E-state index >= 15 is 0 Å². The van der Waals surface area contributed by atoms with Gasteiger partial charge in [-0.25, -0.2) is 14.8 Å². The standard InChI is InChI=1S/C16H20N4O2/c1-11-6-4-5-7-12(11)13-10-18-16(17-8-9-20(2)3)19-14(13)15(21)22/h4-7,10H,8-9H2,1-3H3,(H,21,22)(H,17,18,19). The van der Waals surface area contributed by atoms with Gasteiger partial charge >= 0.3 is 5.97 Å². The quantitative estimate of drug-likeness (QED) is 0.851. The molecule has 22 heavy (non-hydrogen) atoms. The number of aromatic nitrogens is 2. The molecule has 2 N–H and O–H groups in total. The molecule has 6 heteroatoms. The highest BCUT2D eigenvalue weighted by atomic mass is 16.4. The highest BCUT2D eigenvalue weighted by Crippen LogP contribution is 2.25. The van der Waals surface area contributed by atoms with Crippen LogP contribution in [0.25, 0.3) is 11.1 Å². The highest BCUT2D eigenvalue weighted by Gasteiger charge is 2.16. The highest BCUT2D eigenvalue weighted by molar-refractivity contribution is 5.94. The molecule has 0 aliphatic heterocycles. The number of anilines is 1. The van der Waals surface area contributed by atoms with Gasteiger partial charge in [0.05, 0.1) is 0 Å². The number of hydrogen-bond acceptors (Lipinski definition) is 5. The Kier molecular flexibility index (Phi) is 5.06. The Balaban J connectivity index is 2.32. The molecule has 0 unspecified atom stereocenters. The van der Waals surface area contributed by atoms with Gasteiger partial charge in [0, 0.05) is 24.8 Å². The first-order chi connectivity index (χ1) is 10.5. The van der Waals surface area contributed by atoms with Gasteiger partial charge in [-0.1, -0.05) is 24.3 Å². The van der Waals surface area contributed by atoms with E-state index < -0.39 is 5.97 Å². The number of carboxylic acids is 1. The summed E-state index contributed by atoms with van der Waals surface area (Å²) in [7, 11) is 3.93. The van der Waals surface area contributed by atoms with Crippen LogP contribution in [0.15, 0.2) is 30.5 Å². The van der Waals surface area contributed by atoms with Gasteiger partial charge in [-0.15, -0.1) is 0 Å². The first kappa shape index (κ1) is 15.9. The van der Waals surface area contributed by atoms with E-state index in [1.165, 1.54) is 0 Å². The van der Waals surface area contributed by atoms with Crippen molar-refractivity contribution in [1.29, 1.82) is 0 Å². The third-order valence-corrected chi connectivity index (χ3v) is 3.27. The predicted molar refractivity (Wildman–Crippen MR) is 86.2 cm³/mol.